The van der Waals surface area contributed by atoms with E-state index in [0.29, 0.717) is 16.5 Å². The van der Waals surface area contributed by atoms with Gasteiger partial charge in [0.15, 0.2) is 0 Å². The molecule has 0 amide bonds. The lowest BCUT2D eigenvalue weighted by atomic mass is 10.0. The van der Waals surface area contributed by atoms with Crippen LogP contribution in [0, 0.1) is 0 Å². The summed E-state index contributed by atoms with van der Waals surface area (Å²) in [6, 6.07) is 8.82. The van der Waals surface area contributed by atoms with Crippen LogP contribution in [0.5, 0.6) is 0 Å². The van der Waals surface area contributed by atoms with Crippen LogP contribution >= 0.6 is 23.2 Å². The van der Waals surface area contributed by atoms with Gasteiger partial charge in [0.05, 0.1) is 12.3 Å². The quantitative estimate of drug-likeness (QED) is 0.906. The zero-order valence-electron chi connectivity index (χ0n) is 8.49. The first-order chi connectivity index (χ1) is 7.66. The zero-order valence-corrected chi connectivity index (χ0v) is 10.0. The van der Waals surface area contributed by atoms with Crippen molar-refractivity contribution in [3.05, 3.63) is 58.0 Å². The number of hydrogen-bond donors (Lipinski definition) is 1. The van der Waals surface area contributed by atoms with Gasteiger partial charge in [0.2, 0.25) is 0 Å². The highest BCUT2D eigenvalue weighted by atomic mass is 35.5. The first-order valence-electron chi connectivity index (χ1n) is 4.89. The second-order valence-electron chi connectivity index (χ2n) is 3.56. The summed E-state index contributed by atoms with van der Waals surface area (Å²) in [6.45, 7) is 0. The third-order valence-electron chi connectivity index (χ3n) is 2.36. The van der Waals surface area contributed by atoms with Crippen molar-refractivity contribution in [1.82, 2.24) is 0 Å². The van der Waals surface area contributed by atoms with Gasteiger partial charge in [0.1, 0.15) is 5.76 Å². The lowest BCUT2D eigenvalue weighted by molar-refractivity contribution is 0.464. The molecule has 2 rings (SSSR count). The summed E-state index contributed by atoms with van der Waals surface area (Å²) in [5.41, 5.74) is 6.92. The number of hydrogen-bond acceptors (Lipinski definition) is 2. The van der Waals surface area contributed by atoms with Gasteiger partial charge in [-0.2, -0.15) is 0 Å². The standard InChI is InChI=1S/C12H11Cl2NO/c13-9-3-4-10(14)8(6-9)7-11(15)12-2-1-5-16-12/h1-6,11H,7,15H2. The van der Waals surface area contributed by atoms with Gasteiger partial charge in [0.25, 0.3) is 0 Å². The van der Waals surface area contributed by atoms with Crippen molar-refractivity contribution in [3.8, 4) is 0 Å². The number of nitrogens with two attached hydrogens (primary N) is 1. The summed E-state index contributed by atoms with van der Waals surface area (Å²) in [5, 5.41) is 1.33. The molecule has 0 spiro atoms. The van der Waals surface area contributed by atoms with E-state index in [1.807, 2.05) is 18.2 Å². The number of benzene rings is 1. The third kappa shape index (κ3) is 2.59. The van der Waals surface area contributed by atoms with Crippen LogP contribution in [0.4, 0.5) is 0 Å². The largest absolute Gasteiger partial charge is 0.468 e. The van der Waals surface area contributed by atoms with Crippen LogP contribution in [0.3, 0.4) is 0 Å². The first kappa shape index (κ1) is 11.5. The van der Waals surface area contributed by atoms with E-state index in [1.54, 1.807) is 18.4 Å². The van der Waals surface area contributed by atoms with Crippen LogP contribution in [0.2, 0.25) is 10.0 Å². The van der Waals surface area contributed by atoms with Crippen LogP contribution in [0.1, 0.15) is 17.4 Å². The summed E-state index contributed by atoms with van der Waals surface area (Å²) in [7, 11) is 0. The fourth-order valence-corrected chi connectivity index (χ4v) is 1.93. The van der Waals surface area contributed by atoms with Gasteiger partial charge in [-0.15, -0.1) is 0 Å². The maximum atomic E-state index is 6.06. The minimum absolute atomic E-state index is 0.203. The van der Waals surface area contributed by atoms with E-state index in [9.17, 15) is 0 Å². The van der Waals surface area contributed by atoms with Crippen LogP contribution in [-0.2, 0) is 6.42 Å². The minimum atomic E-state index is -0.203. The molecule has 0 aliphatic rings. The van der Waals surface area contributed by atoms with Crippen molar-refractivity contribution in [3.63, 3.8) is 0 Å². The summed E-state index contributed by atoms with van der Waals surface area (Å²) in [5.74, 6) is 0.746. The van der Waals surface area contributed by atoms with E-state index in [-0.39, 0.29) is 6.04 Å². The topological polar surface area (TPSA) is 39.2 Å². The minimum Gasteiger partial charge on any atom is -0.468 e. The van der Waals surface area contributed by atoms with Crippen LogP contribution in [0.25, 0.3) is 0 Å². The Hall–Kier alpha value is -0.960. The van der Waals surface area contributed by atoms with E-state index in [0.717, 1.165) is 11.3 Å². The van der Waals surface area contributed by atoms with Crippen molar-refractivity contribution in [1.29, 1.82) is 0 Å². The van der Waals surface area contributed by atoms with Gasteiger partial charge < -0.3 is 10.2 Å². The van der Waals surface area contributed by atoms with E-state index in [4.69, 9.17) is 33.4 Å². The highest BCUT2D eigenvalue weighted by molar-refractivity contribution is 6.33. The molecule has 1 unspecified atom stereocenters. The summed E-state index contributed by atoms with van der Waals surface area (Å²) in [6.07, 6.45) is 2.21. The van der Waals surface area contributed by atoms with Crippen LogP contribution in [0.15, 0.2) is 41.0 Å². The monoisotopic (exact) mass is 255 g/mol. The van der Waals surface area contributed by atoms with Crippen molar-refractivity contribution in [2.24, 2.45) is 5.73 Å². The molecule has 84 valence electrons. The van der Waals surface area contributed by atoms with Gasteiger partial charge in [-0.25, -0.2) is 0 Å². The Labute approximate surface area is 104 Å². The molecule has 16 heavy (non-hydrogen) atoms. The molecular formula is C12H11Cl2NO. The Kier molecular flexibility index (Phi) is 3.54. The molecule has 0 aliphatic heterocycles. The predicted molar refractivity (Wildman–Crippen MR) is 65.8 cm³/mol. The second kappa shape index (κ2) is 4.91. The molecule has 1 heterocycles. The first-order valence-corrected chi connectivity index (χ1v) is 5.65. The fourth-order valence-electron chi connectivity index (χ4n) is 1.54. The number of furan rings is 1. The van der Waals surface area contributed by atoms with Gasteiger partial charge in [0, 0.05) is 10.0 Å². The van der Waals surface area contributed by atoms with Gasteiger partial charge in [-0.3, -0.25) is 0 Å². The van der Waals surface area contributed by atoms with Crippen LogP contribution in [-0.4, -0.2) is 0 Å². The molecule has 2 N–H and O–H groups in total. The van der Waals surface area contributed by atoms with E-state index < -0.39 is 0 Å². The lowest BCUT2D eigenvalue weighted by Gasteiger charge is -2.10. The van der Waals surface area contributed by atoms with Crippen molar-refractivity contribution < 1.29 is 4.42 Å². The smallest absolute Gasteiger partial charge is 0.120 e. The highest BCUT2D eigenvalue weighted by Crippen LogP contribution is 2.25. The van der Waals surface area contributed by atoms with Crippen LogP contribution < -0.4 is 5.73 Å². The molecule has 0 aliphatic carbocycles. The second-order valence-corrected chi connectivity index (χ2v) is 4.41. The van der Waals surface area contributed by atoms with E-state index in [1.165, 1.54) is 0 Å². The normalized spacial score (nSPS) is 12.7. The molecule has 2 aromatic rings. The molecule has 0 fully saturated rings. The molecule has 1 atom stereocenters. The average molecular weight is 256 g/mol. The Balaban J connectivity index is 2.17. The summed E-state index contributed by atoms with van der Waals surface area (Å²) >= 11 is 12.0. The SMILES string of the molecule is NC(Cc1cc(Cl)ccc1Cl)c1ccco1. The Bertz CT molecular complexity index is 468. The maximum Gasteiger partial charge on any atom is 0.120 e. The molecule has 0 radical (unpaired) electrons. The number of halogens is 2. The van der Waals surface area contributed by atoms with Gasteiger partial charge in [-0.05, 0) is 42.3 Å². The Morgan fingerprint density at radius 1 is 1.25 bits per heavy atom. The van der Waals surface area contributed by atoms with E-state index >= 15 is 0 Å². The third-order valence-corrected chi connectivity index (χ3v) is 2.96. The fraction of sp³-hybridized carbons (Fsp3) is 0.167. The van der Waals surface area contributed by atoms with Crippen molar-refractivity contribution >= 4 is 23.2 Å². The Morgan fingerprint density at radius 2 is 2.06 bits per heavy atom. The van der Waals surface area contributed by atoms with Crippen molar-refractivity contribution in [2.45, 2.75) is 12.5 Å². The lowest BCUT2D eigenvalue weighted by Crippen LogP contribution is -2.12. The molecule has 0 saturated carbocycles. The average Bonchev–Trinajstić information content (AvgIpc) is 2.76. The molecule has 1 aromatic heterocycles. The van der Waals surface area contributed by atoms with Gasteiger partial charge >= 0.3 is 0 Å². The molecule has 2 nitrogen and oxygen atoms in total. The zero-order chi connectivity index (χ0) is 11.5. The Morgan fingerprint density at radius 3 is 2.75 bits per heavy atom. The highest BCUT2D eigenvalue weighted by Gasteiger charge is 2.12. The summed E-state index contributed by atoms with van der Waals surface area (Å²) in [4.78, 5) is 0. The van der Waals surface area contributed by atoms with Crippen molar-refractivity contribution in [2.75, 3.05) is 0 Å². The molecule has 1 aromatic carbocycles. The number of rotatable bonds is 3. The van der Waals surface area contributed by atoms with Gasteiger partial charge in [-0.1, -0.05) is 23.2 Å². The molecule has 0 saturated heterocycles. The molecular weight excluding hydrogens is 245 g/mol. The maximum absolute atomic E-state index is 6.06. The predicted octanol–water partition coefficient (Wildman–Crippen LogP) is 3.83. The summed E-state index contributed by atoms with van der Waals surface area (Å²) < 4.78 is 5.24. The molecule has 4 heteroatoms. The molecule has 0 bridgehead atoms. The van der Waals surface area contributed by atoms with E-state index in [2.05, 4.69) is 0 Å².